The number of benzene rings is 1. The summed E-state index contributed by atoms with van der Waals surface area (Å²) < 4.78 is 1.75. The minimum Gasteiger partial charge on any atom is -0.329 e. The molecule has 1 aromatic heterocycles. The minimum absolute atomic E-state index is 0.549. The number of hydrogen-bond acceptors (Lipinski definition) is 5. The maximum absolute atomic E-state index is 5.49. The van der Waals surface area contributed by atoms with Crippen molar-refractivity contribution in [2.45, 2.75) is 24.1 Å². The van der Waals surface area contributed by atoms with Crippen LogP contribution in [0.25, 0.3) is 0 Å². The van der Waals surface area contributed by atoms with Gasteiger partial charge >= 0.3 is 0 Å². The van der Waals surface area contributed by atoms with Gasteiger partial charge in [-0.15, -0.1) is 16.9 Å². The smallest absolute Gasteiger partial charge is 0.161 e. The highest BCUT2D eigenvalue weighted by molar-refractivity contribution is 7.98. The quantitative estimate of drug-likeness (QED) is 0.807. The summed E-state index contributed by atoms with van der Waals surface area (Å²) in [6.07, 6.45) is 0. The van der Waals surface area contributed by atoms with Crippen LogP contribution in [0.15, 0.2) is 29.2 Å². The van der Waals surface area contributed by atoms with Gasteiger partial charge in [0.1, 0.15) is 0 Å². The van der Waals surface area contributed by atoms with Gasteiger partial charge in [0, 0.05) is 11.4 Å². The number of nitrogens with zero attached hydrogens (tertiary/aromatic N) is 4. The van der Waals surface area contributed by atoms with Crippen molar-refractivity contribution in [2.75, 3.05) is 6.54 Å². The normalized spacial score (nSPS) is 10.7. The number of nitrogens with two attached hydrogens (primary N) is 1. The Bertz CT molecular complexity index is 465. The van der Waals surface area contributed by atoms with Crippen LogP contribution in [0.3, 0.4) is 0 Å². The first-order valence-electron chi connectivity index (χ1n) is 5.44. The van der Waals surface area contributed by atoms with E-state index in [2.05, 4.69) is 46.7 Å². The van der Waals surface area contributed by atoms with Crippen molar-refractivity contribution in [3.8, 4) is 0 Å². The summed E-state index contributed by atoms with van der Waals surface area (Å²) in [5.74, 6) is 1.62. The van der Waals surface area contributed by atoms with E-state index in [1.165, 1.54) is 10.5 Å². The van der Waals surface area contributed by atoms with Crippen LogP contribution < -0.4 is 5.73 Å². The van der Waals surface area contributed by atoms with Gasteiger partial charge in [0.15, 0.2) is 5.82 Å². The zero-order valence-electron chi connectivity index (χ0n) is 9.71. The largest absolute Gasteiger partial charge is 0.329 e. The Morgan fingerprint density at radius 1 is 1.29 bits per heavy atom. The molecule has 0 saturated heterocycles. The summed E-state index contributed by atoms with van der Waals surface area (Å²) in [7, 11) is 0. The number of thioether (sulfide) groups is 1. The van der Waals surface area contributed by atoms with Gasteiger partial charge in [-0.3, -0.25) is 0 Å². The van der Waals surface area contributed by atoms with Crippen molar-refractivity contribution in [3.63, 3.8) is 0 Å². The number of hydrogen-bond donors (Lipinski definition) is 1. The molecule has 0 atom stereocenters. The second-order valence-electron chi connectivity index (χ2n) is 3.71. The molecule has 1 heterocycles. The van der Waals surface area contributed by atoms with Gasteiger partial charge in [-0.25, -0.2) is 4.68 Å². The first-order chi connectivity index (χ1) is 8.29. The van der Waals surface area contributed by atoms with Gasteiger partial charge in [-0.1, -0.05) is 17.7 Å². The van der Waals surface area contributed by atoms with E-state index in [-0.39, 0.29) is 0 Å². The van der Waals surface area contributed by atoms with Crippen molar-refractivity contribution in [2.24, 2.45) is 5.73 Å². The lowest BCUT2D eigenvalue weighted by Gasteiger charge is -2.03. The number of aromatic nitrogens is 4. The van der Waals surface area contributed by atoms with Crippen molar-refractivity contribution < 1.29 is 0 Å². The Morgan fingerprint density at radius 2 is 2.06 bits per heavy atom. The maximum atomic E-state index is 5.49. The minimum atomic E-state index is 0.549. The standard InChI is InChI=1S/C11H15N5S/c1-9-2-4-10(5-3-9)17-8-11-13-14-15-16(11)7-6-12/h2-5H,6-8,12H2,1H3. The molecule has 2 rings (SSSR count). The van der Waals surface area contributed by atoms with E-state index < -0.39 is 0 Å². The molecule has 2 N–H and O–H groups in total. The highest BCUT2D eigenvalue weighted by Gasteiger charge is 2.05. The van der Waals surface area contributed by atoms with E-state index in [4.69, 9.17) is 5.73 Å². The lowest BCUT2D eigenvalue weighted by atomic mass is 10.2. The molecule has 6 heteroatoms. The maximum Gasteiger partial charge on any atom is 0.161 e. The van der Waals surface area contributed by atoms with Crippen molar-refractivity contribution in [1.82, 2.24) is 20.2 Å². The van der Waals surface area contributed by atoms with Crippen molar-refractivity contribution >= 4 is 11.8 Å². The molecule has 1 aromatic carbocycles. The SMILES string of the molecule is Cc1ccc(SCc2nnnn2CCN)cc1. The third-order valence-electron chi connectivity index (χ3n) is 2.34. The third kappa shape index (κ3) is 3.28. The fourth-order valence-electron chi connectivity index (χ4n) is 1.40. The van der Waals surface area contributed by atoms with Crippen LogP contribution in [-0.2, 0) is 12.3 Å². The highest BCUT2D eigenvalue weighted by atomic mass is 32.2. The average molecular weight is 249 g/mol. The average Bonchev–Trinajstić information content (AvgIpc) is 2.77. The fraction of sp³-hybridized carbons (Fsp3) is 0.364. The van der Waals surface area contributed by atoms with Gasteiger partial charge in [-0.2, -0.15) is 0 Å². The molecule has 5 nitrogen and oxygen atoms in total. The Kier molecular flexibility index (Phi) is 4.11. The first kappa shape index (κ1) is 12.1. The monoisotopic (exact) mass is 249 g/mol. The van der Waals surface area contributed by atoms with Crippen LogP contribution in [0.2, 0.25) is 0 Å². The van der Waals surface area contributed by atoms with Crippen LogP contribution in [0.1, 0.15) is 11.4 Å². The van der Waals surface area contributed by atoms with Gasteiger partial charge in [-0.05, 0) is 29.5 Å². The molecule has 0 aliphatic rings. The number of rotatable bonds is 5. The van der Waals surface area contributed by atoms with Gasteiger partial charge < -0.3 is 5.73 Å². The van der Waals surface area contributed by atoms with Crippen LogP contribution in [-0.4, -0.2) is 26.8 Å². The Morgan fingerprint density at radius 3 is 2.76 bits per heavy atom. The topological polar surface area (TPSA) is 69.6 Å². The summed E-state index contributed by atoms with van der Waals surface area (Å²) in [5.41, 5.74) is 6.76. The molecular formula is C11H15N5S. The zero-order valence-corrected chi connectivity index (χ0v) is 10.5. The molecule has 0 aliphatic heterocycles. The van der Waals surface area contributed by atoms with E-state index in [1.807, 2.05) is 0 Å². The van der Waals surface area contributed by atoms with Crippen LogP contribution >= 0.6 is 11.8 Å². The second kappa shape index (κ2) is 5.79. The molecular weight excluding hydrogens is 234 g/mol. The summed E-state index contributed by atoms with van der Waals surface area (Å²) >= 11 is 1.72. The predicted molar refractivity (Wildman–Crippen MR) is 67.6 cm³/mol. The molecule has 0 amide bonds. The molecule has 0 saturated carbocycles. The van der Waals surface area contributed by atoms with Crippen molar-refractivity contribution in [3.05, 3.63) is 35.7 Å². The Hall–Kier alpha value is -1.40. The molecule has 17 heavy (non-hydrogen) atoms. The van der Waals surface area contributed by atoms with E-state index in [0.717, 1.165) is 11.6 Å². The summed E-state index contributed by atoms with van der Waals surface area (Å²) in [5, 5.41) is 11.5. The third-order valence-corrected chi connectivity index (χ3v) is 3.34. The number of aryl methyl sites for hydroxylation is 1. The molecule has 0 fully saturated rings. The molecule has 0 aliphatic carbocycles. The lowest BCUT2D eigenvalue weighted by molar-refractivity contribution is 0.582. The second-order valence-corrected chi connectivity index (χ2v) is 4.76. The lowest BCUT2D eigenvalue weighted by Crippen LogP contribution is -2.13. The van der Waals surface area contributed by atoms with Crippen molar-refractivity contribution in [1.29, 1.82) is 0 Å². The summed E-state index contributed by atoms with van der Waals surface area (Å²) in [6.45, 7) is 3.29. The summed E-state index contributed by atoms with van der Waals surface area (Å²) in [4.78, 5) is 1.22. The van der Waals surface area contributed by atoms with Gasteiger partial charge in [0.05, 0.1) is 12.3 Å². The van der Waals surface area contributed by atoms with Crippen LogP contribution in [0.5, 0.6) is 0 Å². The molecule has 0 unspecified atom stereocenters. The van der Waals surface area contributed by atoms with E-state index in [0.29, 0.717) is 13.1 Å². The highest BCUT2D eigenvalue weighted by Crippen LogP contribution is 2.21. The van der Waals surface area contributed by atoms with Gasteiger partial charge in [0.2, 0.25) is 0 Å². The summed E-state index contributed by atoms with van der Waals surface area (Å²) in [6, 6.07) is 8.42. The Labute approximate surface area is 104 Å². The van der Waals surface area contributed by atoms with E-state index in [1.54, 1.807) is 16.4 Å². The predicted octanol–water partition coefficient (Wildman–Crippen LogP) is 1.23. The fourth-order valence-corrected chi connectivity index (χ4v) is 2.24. The zero-order chi connectivity index (χ0) is 12.1. The Balaban J connectivity index is 1.97. The van der Waals surface area contributed by atoms with Crippen LogP contribution in [0.4, 0.5) is 0 Å². The molecule has 0 radical (unpaired) electrons. The van der Waals surface area contributed by atoms with E-state index >= 15 is 0 Å². The van der Waals surface area contributed by atoms with E-state index in [9.17, 15) is 0 Å². The molecule has 0 spiro atoms. The molecule has 0 bridgehead atoms. The molecule has 90 valence electrons. The van der Waals surface area contributed by atoms with Gasteiger partial charge in [0.25, 0.3) is 0 Å². The van der Waals surface area contributed by atoms with Crippen LogP contribution in [0, 0.1) is 6.92 Å². The first-order valence-corrected chi connectivity index (χ1v) is 6.43. The molecule has 2 aromatic rings. The number of tetrazole rings is 1.